The van der Waals surface area contributed by atoms with E-state index in [1.807, 2.05) is 0 Å². The third-order valence-electron chi connectivity index (χ3n) is 4.66. The molecule has 0 aromatic carbocycles. The fraction of sp³-hybridized carbons (Fsp3) is 0.471. The average Bonchev–Trinajstić information content (AvgIpc) is 3.30. The Labute approximate surface area is 167 Å². The topological polar surface area (TPSA) is 87.9 Å². The lowest BCUT2D eigenvalue weighted by Crippen LogP contribution is -2.52. The summed E-state index contributed by atoms with van der Waals surface area (Å²) in [5, 5.41) is 0. The van der Waals surface area contributed by atoms with E-state index in [9.17, 15) is 18.0 Å². The van der Waals surface area contributed by atoms with E-state index in [0.29, 0.717) is 28.0 Å². The van der Waals surface area contributed by atoms with Crippen LogP contribution in [0.3, 0.4) is 0 Å². The first kappa shape index (κ1) is 20.1. The van der Waals surface area contributed by atoms with Gasteiger partial charge in [0.25, 0.3) is 5.91 Å². The molecule has 2 aliphatic heterocycles. The zero-order valence-electron chi connectivity index (χ0n) is 15.0. The molecule has 0 radical (unpaired) electrons. The highest BCUT2D eigenvalue weighted by atomic mass is 32.2. The van der Waals surface area contributed by atoms with Crippen molar-refractivity contribution in [2.24, 2.45) is 0 Å². The zero-order valence-corrected chi connectivity index (χ0v) is 17.4. The Morgan fingerprint density at radius 3 is 2.85 bits per heavy atom. The summed E-state index contributed by atoms with van der Waals surface area (Å²) in [6.45, 7) is 3.80. The van der Waals surface area contributed by atoms with Crippen molar-refractivity contribution in [1.82, 2.24) is 9.80 Å². The lowest BCUT2D eigenvalue weighted by atomic mass is 10.1. The molecular formula is C17H20N2O5S3. The summed E-state index contributed by atoms with van der Waals surface area (Å²) in [7, 11) is -3.11. The third kappa shape index (κ3) is 4.12. The van der Waals surface area contributed by atoms with Crippen LogP contribution in [0.2, 0.25) is 0 Å². The molecule has 0 saturated carbocycles. The Bertz CT molecular complexity index is 892. The first-order valence-electron chi connectivity index (χ1n) is 8.55. The van der Waals surface area contributed by atoms with Gasteiger partial charge in [-0.25, -0.2) is 8.42 Å². The summed E-state index contributed by atoms with van der Waals surface area (Å²) in [6, 6.07) is 2.28. The number of hydrogen-bond acceptors (Lipinski definition) is 7. The number of hydrogen-bond donors (Lipinski definition) is 0. The number of thioether (sulfide) groups is 1. The molecule has 0 spiro atoms. The molecule has 3 heterocycles. The van der Waals surface area contributed by atoms with Crippen molar-refractivity contribution in [3.63, 3.8) is 0 Å². The van der Waals surface area contributed by atoms with Crippen LogP contribution in [-0.2, 0) is 19.4 Å². The van der Waals surface area contributed by atoms with Crippen LogP contribution in [0, 0.1) is 0 Å². The molecule has 0 bridgehead atoms. The molecule has 2 atom stereocenters. The predicted molar refractivity (Wildman–Crippen MR) is 108 cm³/mol. The van der Waals surface area contributed by atoms with E-state index < -0.39 is 15.9 Å². The van der Waals surface area contributed by atoms with Crippen LogP contribution in [0.15, 0.2) is 27.7 Å². The largest absolute Gasteiger partial charge is 0.465 e. The zero-order chi connectivity index (χ0) is 19.8. The van der Waals surface area contributed by atoms with E-state index in [4.69, 9.17) is 16.6 Å². The highest BCUT2D eigenvalue weighted by Crippen LogP contribution is 2.34. The Hall–Kier alpha value is -1.65. The van der Waals surface area contributed by atoms with Gasteiger partial charge in [-0.15, -0.1) is 0 Å². The minimum absolute atomic E-state index is 0.0317. The Morgan fingerprint density at radius 2 is 2.30 bits per heavy atom. The van der Waals surface area contributed by atoms with E-state index in [1.165, 1.54) is 11.2 Å². The molecule has 2 fully saturated rings. The molecule has 1 aromatic heterocycles. The maximum atomic E-state index is 13.0. The summed E-state index contributed by atoms with van der Waals surface area (Å²) >= 11 is 6.43. The Balaban J connectivity index is 1.77. The molecule has 146 valence electrons. The number of nitrogens with zero attached hydrogens (tertiary/aromatic N) is 2. The summed E-state index contributed by atoms with van der Waals surface area (Å²) in [6.07, 6.45) is 3.52. The van der Waals surface area contributed by atoms with Crippen LogP contribution in [0.25, 0.3) is 6.08 Å². The normalized spacial score (nSPS) is 24.6. The van der Waals surface area contributed by atoms with Crippen molar-refractivity contribution in [2.75, 3.05) is 18.1 Å². The van der Waals surface area contributed by atoms with Crippen LogP contribution in [0.5, 0.6) is 0 Å². The maximum absolute atomic E-state index is 13.0. The molecule has 1 aromatic rings. The lowest BCUT2D eigenvalue weighted by Gasteiger charge is -2.32. The van der Waals surface area contributed by atoms with Crippen LogP contribution in [0.1, 0.15) is 26.0 Å². The Kier molecular flexibility index (Phi) is 5.78. The summed E-state index contributed by atoms with van der Waals surface area (Å²) in [5.74, 6) is -0.0629. The number of thiocarbonyl (C=S) groups is 1. The summed E-state index contributed by atoms with van der Waals surface area (Å²) in [5.41, 5.74) is 0. The van der Waals surface area contributed by atoms with Crippen LogP contribution in [-0.4, -0.2) is 64.5 Å². The number of carbonyl (C=O) groups is 2. The van der Waals surface area contributed by atoms with Gasteiger partial charge in [-0.2, -0.15) is 0 Å². The molecule has 3 rings (SSSR count). The van der Waals surface area contributed by atoms with Gasteiger partial charge >= 0.3 is 0 Å². The molecule has 2 aliphatic rings. The molecule has 0 aliphatic carbocycles. The quantitative estimate of drug-likeness (QED) is 0.523. The molecule has 2 amide bonds. The van der Waals surface area contributed by atoms with Crippen molar-refractivity contribution < 1.29 is 22.4 Å². The Morgan fingerprint density at radius 1 is 1.56 bits per heavy atom. The number of carbonyl (C=O) groups excluding carboxylic acids is 2. The number of furan rings is 1. The van der Waals surface area contributed by atoms with Gasteiger partial charge in [0.15, 0.2) is 9.84 Å². The van der Waals surface area contributed by atoms with Gasteiger partial charge in [0.05, 0.1) is 22.7 Å². The van der Waals surface area contributed by atoms with Gasteiger partial charge < -0.3 is 9.32 Å². The smallest absolute Gasteiger partial charge is 0.267 e. The maximum Gasteiger partial charge on any atom is 0.267 e. The summed E-state index contributed by atoms with van der Waals surface area (Å²) in [4.78, 5) is 29.0. The van der Waals surface area contributed by atoms with E-state index in [2.05, 4.69) is 0 Å². The highest BCUT2D eigenvalue weighted by Gasteiger charge is 2.42. The van der Waals surface area contributed by atoms with Gasteiger partial charge in [0.1, 0.15) is 16.1 Å². The van der Waals surface area contributed by atoms with Crippen LogP contribution < -0.4 is 0 Å². The van der Waals surface area contributed by atoms with E-state index in [1.54, 1.807) is 37.0 Å². The first-order chi connectivity index (χ1) is 12.7. The molecule has 0 unspecified atom stereocenters. The molecular weight excluding hydrogens is 408 g/mol. The van der Waals surface area contributed by atoms with Gasteiger partial charge in [-0.05, 0) is 32.4 Å². The molecule has 7 nitrogen and oxygen atoms in total. The van der Waals surface area contributed by atoms with Gasteiger partial charge in [0, 0.05) is 18.7 Å². The number of amides is 2. The third-order valence-corrected chi connectivity index (χ3v) is 7.74. The summed E-state index contributed by atoms with van der Waals surface area (Å²) < 4.78 is 29.1. The minimum Gasteiger partial charge on any atom is -0.465 e. The van der Waals surface area contributed by atoms with Crippen molar-refractivity contribution >= 4 is 56.0 Å². The van der Waals surface area contributed by atoms with E-state index in [0.717, 1.165) is 11.8 Å². The monoisotopic (exact) mass is 428 g/mol. The second-order valence-corrected chi connectivity index (χ2v) is 10.3. The SMILES string of the molecule is CCN(C(=O)[C@@H](C)N1C(=O)/C(=C\c2ccco2)SC1=S)[C@H]1CCS(=O)(=O)C1. The second kappa shape index (κ2) is 7.76. The van der Waals surface area contributed by atoms with Crippen molar-refractivity contribution in [1.29, 1.82) is 0 Å². The van der Waals surface area contributed by atoms with E-state index in [-0.39, 0.29) is 29.4 Å². The average molecular weight is 429 g/mol. The van der Waals surface area contributed by atoms with Gasteiger partial charge in [-0.1, -0.05) is 24.0 Å². The number of rotatable bonds is 5. The highest BCUT2D eigenvalue weighted by molar-refractivity contribution is 8.26. The second-order valence-electron chi connectivity index (χ2n) is 6.42. The predicted octanol–water partition coefficient (Wildman–Crippen LogP) is 1.90. The first-order valence-corrected chi connectivity index (χ1v) is 11.6. The number of sulfone groups is 1. The fourth-order valence-corrected chi connectivity index (χ4v) is 6.41. The number of likely N-dealkylation sites (N-methyl/N-ethyl adjacent to an activating group) is 1. The van der Waals surface area contributed by atoms with Gasteiger partial charge in [0.2, 0.25) is 5.91 Å². The lowest BCUT2D eigenvalue weighted by molar-refractivity contribution is -0.140. The van der Waals surface area contributed by atoms with Crippen LogP contribution in [0.4, 0.5) is 0 Å². The molecule has 0 N–H and O–H groups in total. The fourth-order valence-electron chi connectivity index (χ4n) is 3.28. The van der Waals surface area contributed by atoms with E-state index >= 15 is 0 Å². The standard InChI is InChI=1S/C17H20N2O5S3/c1-3-18(12-6-8-27(22,23)10-12)15(20)11(2)19-16(21)14(26-17(19)25)9-13-5-4-7-24-13/h4-5,7,9,11-12H,3,6,8,10H2,1-2H3/b14-9+/t11-,12+/m1/s1. The van der Waals surface area contributed by atoms with Crippen molar-refractivity contribution in [2.45, 2.75) is 32.4 Å². The van der Waals surface area contributed by atoms with Crippen LogP contribution >= 0.6 is 24.0 Å². The molecule has 27 heavy (non-hydrogen) atoms. The van der Waals surface area contributed by atoms with Gasteiger partial charge in [-0.3, -0.25) is 14.5 Å². The van der Waals surface area contributed by atoms with Crippen molar-refractivity contribution in [3.8, 4) is 0 Å². The van der Waals surface area contributed by atoms with Crippen molar-refractivity contribution in [3.05, 3.63) is 29.1 Å². The molecule has 10 heteroatoms. The minimum atomic E-state index is -3.11. The molecule has 2 saturated heterocycles.